The molecule has 0 unspecified atom stereocenters. The maximum absolute atomic E-state index is 12.0. The van der Waals surface area contributed by atoms with Crippen molar-refractivity contribution in [3.63, 3.8) is 0 Å². The third-order valence-electron chi connectivity index (χ3n) is 2.46. The van der Waals surface area contributed by atoms with Crippen LogP contribution < -0.4 is 5.46 Å². The average Bonchev–Trinajstić information content (AvgIpc) is 2.68. The molecular formula is C12H15BN2O4. The summed E-state index contributed by atoms with van der Waals surface area (Å²) in [4.78, 5) is 12.0. The maximum atomic E-state index is 12.0. The Morgan fingerprint density at radius 1 is 1.37 bits per heavy atom. The number of hydrogen-bond acceptors (Lipinski definition) is 5. The lowest BCUT2D eigenvalue weighted by Crippen LogP contribution is -2.30. The third-order valence-corrected chi connectivity index (χ3v) is 2.46. The first kappa shape index (κ1) is 13.6. The minimum atomic E-state index is -1.59. The van der Waals surface area contributed by atoms with Gasteiger partial charge < -0.3 is 14.8 Å². The summed E-state index contributed by atoms with van der Waals surface area (Å²) in [7, 11) is -1.59. The van der Waals surface area contributed by atoms with Crippen LogP contribution in [0.2, 0.25) is 0 Å². The molecule has 1 aromatic carbocycles. The van der Waals surface area contributed by atoms with Crippen molar-refractivity contribution in [3.05, 3.63) is 24.4 Å². The highest BCUT2D eigenvalue weighted by Crippen LogP contribution is 2.15. The predicted octanol–water partition coefficient (Wildman–Crippen LogP) is 0.499. The lowest BCUT2D eigenvalue weighted by atomic mass is 9.80. The van der Waals surface area contributed by atoms with Crippen molar-refractivity contribution in [2.24, 2.45) is 0 Å². The largest absolute Gasteiger partial charge is 0.488 e. The number of carbonyl (C=O) groups is 1. The molecule has 0 atom stereocenters. The van der Waals surface area contributed by atoms with E-state index < -0.39 is 18.8 Å². The fourth-order valence-electron chi connectivity index (χ4n) is 1.65. The van der Waals surface area contributed by atoms with Crippen molar-refractivity contribution >= 4 is 29.6 Å². The van der Waals surface area contributed by atoms with Crippen LogP contribution in [0, 0.1) is 0 Å². The minimum absolute atomic E-state index is 0.290. The van der Waals surface area contributed by atoms with Crippen molar-refractivity contribution in [1.29, 1.82) is 0 Å². The molecule has 0 aliphatic carbocycles. The number of nitrogens with zero attached hydrogens (tertiary/aromatic N) is 2. The Hall–Kier alpha value is -1.86. The second kappa shape index (κ2) is 4.67. The Kier molecular flexibility index (Phi) is 3.34. The zero-order valence-corrected chi connectivity index (χ0v) is 11.0. The quantitative estimate of drug-likeness (QED) is 0.731. The Labute approximate surface area is 110 Å². The van der Waals surface area contributed by atoms with Crippen molar-refractivity contribution < 1.29 is 19.6 Å². The lowest BCUT2D eigenvalue weighted by molar-refractivity contribution is 0.0522. The molecule has 2 aromatic rings. The van der Waals surface area contributed by atoms with Crippen molar-refractivity contribution in [1.82, 2.24) is 9.78 Å². The lowest BCUT2D eigenvalue weighted by Gasteiger charge is -2.19. The Morgan fingerprint density at radius 3 is 2.63 bits per heavy atom. The minimum Gasteiger partial charge on any atom is -0.442 e. The number of hydrogen-bond donors (Lipinski definition) is 2. The van der Waals surface area contributed by atoms with Gasteiger partial charge in [0, 0.05) is 5.39 Å². The van der Waals surface area contributed by atoms with Crippen LogP contribution >= 0.6 is 0 Å². The molecule has 0 aliphatic heterocycles. The molecule has 0 bridgehead atoms. The van der Waals surface area contributed by atoms with Crippen LogP contribution in [-0.2, 0) is 4.74 Å². The Morgan fingerprint density at radius 2 is 2.05 bits per heavy atom. The maximum Gasteiger partial charge on any atom is 0.488 e. The van der Waals surface area contributed by atoms with Crippen molar-refractivity contribution in [3.8, 4) is 0 Å². The van der Waals surface area contributed by atoms with E-state index in [4.69, 9.17) is 14.8 Å². The van der Waals surface area contributed by atoms with Gasteiger partial charge in [0.05, 0.1) is 11.7 Å². The molecule has 7 heteroatoms. The molecule has 2 N–H and O–H groups in total. The summed E-state index contributed by atoms with van der Waals surface area (Å²) in [6.45, 7) is 5.29. The first-order valence-electron chi connectivity index (χ1n) is 5.85. The molecule has 0 fully saturated rings. The van der Waals surface area contributed by atoms with Crippen molar-refractivity contribution in [2.75, 3.05) is 0 Å². The smallest absolute Gasteiger partial charge is 0.442 e. The number of fused-ring (bicyclic) bond motifs is 1. The SMILES string of the molecule is CC(C)(C)OC(=O)n1ncc2ccc(B(O)O)cc21. The highest BCUT2D eigenvalue weighted by atomic mass is 16.6. The summed E-state index contributed by atoms with van der Waals surface area (Å²) in [6, 6.07) is 4.73. The van der Waals surface area contributed by atoms with Crippen LogP contribution in [0.25, 0.3) is 10.9 Å². The van der Waals surface area contributed by atoms with Crippen LogP contribution in [-0.4, -0.2) is 38.6 Å². The Balaban J connectivity index is 2.43. The molecule has 0 saturated carbocycles. The molecule has 0 spiro atoms. The van der Waals surface area contributed by atoms with Crippen LogP contribution in [0.3, 0.4) is 0 Å². The fourth-order valence-corrected chi connectivity index (χ4v) is 1.65. The normalized spacial score (nSPS) is 11.6. The molecule has 19 heavy (non-hydrogen) atoms. The van der Waals surface area contributed by atoms with Gasteiger partial charge >= 0.3 is 13.2 Å². The summed E-state index contributed by atoms with van der Waals surface area (Å²) in [5, 5.41) is 23.0. The highest BCUT2D eigenvalue weighted by molar-refractivity contribution is 6.58. The van der Waals surface area contributed by atoms with Crippen LogP contribution in [0.5, 0.6) is 0 Å². The summed E-state index contributed by atoms with van der Waals surface area (Å²) in [5.74, 6) is 0. The van der Waals surface area contributed by atoms with Crippen LogP contribution in [0.1, 0.15) is 20.8 Å². The van der Waals surface area contributed by atoms with E-state index >= 15 is 0 Å². The molecule has 2 rings (SSSR count). The Bertz CT molecular complexity index is 616. The molecule has 0 radical (unpaired) electrons. The molecule has 1 aromatic heterocycles. The second-order valence-corrected chi connectivity index (χ2v) is 5.23. The van der Waals surface area contributed by atoms with Gasteiger partial charge in [0.1, 0.15) is 5.60 Å². The van der Waals surface area contributed by atoms with E-state index in [-0.39, 0.29) is 5.46 Å². The van der Waals surface area contributed by atoms with Gasteiger partial charge in [-0.2, -0.15) is 9.78 Å². The zero-order chi connectivity index (χ0) is 14.2. The monoisotopic (exact) mass is 262 g/mol. The van der Waals surface area contributed by atoms with Crippen LogP contribution in [0.15, 0.2) is 24.4 Å². The van der Waals surface area contributed by atoms with E-state index in [1.807, 2.05) is 0 Å². The fraction of sp³-hybridized carbons (Fsp3) is 0.333. The molecule has 0 amide bonds. The number of carbonyl (C=O) groups excluding carboxylic acids is 1. The van der Waals surface area contributed by atoms with Gasteiger partial charge in [-0.1, -0.05) is 12.1 Å². The number of rotatable bonds is 1. The summed E-state index contributed by atoms with van der Waals surface area (Å²) in [6.07, 6.45) is 0.916. The van der Waals surface area contributed by atoms with Gasteiger partial charge in [-0.25, -0.2) is 4.79 Å². The second-order valence-electron chi connectivity index (χ2n) is 5.23. The molecule has 100 valence electrons. The summed E-state index contributed by atoms with van der Waals surface area (Å²) < 4.78 is 6.33. The van der Waals surface area contributed by atoms with Gasteiger partial charge in [-0.3, -0.25) is 0 Å². The number of aromatic nitrogens is 2. The van der Waals surface area contributed by atoms with E-state index in [0.29, 0.717) is 5.52 Å². The number of ether oxygens (including phenoxy) is 1. The van der Waals surface area contributed by atoms with Crippen LogP contribution in [0.4, 0.5) is 4.79 Å². The van der Waals surface area contributed by atoms with E-state index in [9.17, 15) is 4.79 Å². The van der Waals surface area contributed by atoms with E-state index in [0.717, 1.165) is 10.1 Å². The standard InChI is InChI=1S/C12H15BN2O4/c1-12(2,3)19-11(16)15-10-6-9(13(17)18)5-4-8(10)7-14-15/h4-7,17-18H,1-3H3. The van der Waals surface area contributed by atoms with Gasteiger partial charge in [0.2, 0.25) is 0 Å². The molecule has 1 heterocycles. The van der Waals surface area contributed by atoms with Crippen molar-refractivity contribution in [2.45, 2.75) is 26.4 Å². The third kappa shape index (κ3) is 2.94. The van der Waals surface area contributed by atoms with E-state index in [1.54, 1.807) is 32.9 Å². The molecular weight excluding hydrogens is 247 g/mol. The van der Waals surface area contributed by atoms with E-state index in [1.165, 1.54) is 12.3 Å². The van der Waals surface area contributed by atoms with Gasteiger partial charge in [0.15, 0.2) is 0 Å². The summed E-state index contributed by atoms with van der Waals surface area (Å²) in [5.41, 5.74) is 0.140. The highest BCUT2D eigenvalue weighted by Gasteiger charge is 2.21. The predicted molar refractivity (Wildman–Crippen MR) is 71.2 cm³/mol. The number of benzene rings is 1. The van der Waals surface area contributed by atoms with E-state index in [2.05, 4.69) is 5.10 Å². The molecule has 0 saturated heterocycles. The van der Waals surface area contributed by atoms with Gasteiger partial charge in [0.25, 0.3) is 0 Å². The average molecular weight is 262 g/mol. The van der Waals surface area contributed by atoms with Gasteiger partial charge in [-0.05, 0) is 32.3 Å². The molecule has 6 nitrogen and oxygen atoms in total. The summed E-state index contributed by atoms with van der Waals surface area (Å²) >= 11 is 0. The molecule has 0 aliphatic rings. The first-order valence-corrected chi connectivity index (χ1v) is 5.85. The zero-order valence-electron chi connectivity index (χ0n) is 11.0. The topological polar surface area (TPSA) is 84.6 Å². The van der Waals surface area contributed by atoms with Gasteiger partial charge in [-0.15, -0.1) is 0 Å². The first-order chi connectivity index (χ1) is 8.78.